The molecule has 0 radical (unpaired) electrons. The summed E-state index contributed by atoms with van der Waals surface area (Å²) in [6.07, 6.45) is -41.0. The normalized spacial score (nSPS) is 48.4. The van der Waals surface area contributed by atoms with Gasteiger partial charge >= 0.3 is 20.8 Å². The van der Waals surface area contributed by atoms with Crippen LogP contribution in [0.25, 0.3) is 0 Å². The lowest BCUT2D eigenvalue weighted by molar-refractivity contribution is -0.350. The second-order valence-electron chi connectivity index (χ2n) is 21.7. The maximum atomic E-state index is 11.7. The summed E-state index contributed by atoms with van der Waals surface area (Å²) in [5.74, 6) is 0. The van der Waals surface area contributed by atoms with Gasteiger partial charge in [0, 0.05) is 32.8 Å². The minimum atomic E-state index is -5.16. The molecular weight excluding hydrogens is 1220 g/mol. The van der Waals surface area contributed by atoms with Gasteiger partial charge in [0.05, 0.1) is 101 Å². The fraction of sp³-hybridized carbons (Fsp3) is 1.00. The Morgan fingerprint density at radius 2 is 0.674 bits per heavy atom. The van der Waals surface area contributed by atoms with E-state index in [1.54, 1.807) is 0 Å². The molecule has 8 fully saturated rings. The molecule has 9 unspecified atom stereocenters. The zero-order valence-electron chi connectivity index (χ0n) is 45.9. The van der Waals surface area contributed by atoms with Crippen molar-refractivity contribution in [1.29, 1.82) is 0 Å². The fourth-order valence-corrected chi connectivity index (χ4v) is 11.4. The molecule has 8 aliphatic rings. The van der Waals surface area contributed by atoms with Crippen LogP contribution in [0, 0.1) is 0 Å². The van der Waals surface area contributed by atoms with E-state index in [1.165, 1.54) is 7.11 Å². The van der Waals surface area contributed by atoms with Gasteiger partial charge < -0.3 is 155 Å². The van der Waals surface area contributed by atoms with Crippen molar-refractivity contribution in [1.82, 2.24) is 0 Å². The lowest BCUT2D eigenvalue weighted by atomic mass is 9.96. The van der Waals surface area contributed by atoms with Gasteiger partial charge in [0.2, 0.25) is 0 Å². The third-order valence-electron chi connectivity index (χ3n) is 15.7. The fourth-order valence-electron chi connectivity index (χ4n) is 10.8. The molecule has 21 N–H and O–H groups in total. The molecule has 0 bridgehead atoms. The highest BCUT2D eigenvalue weighted by molar-refractivity contribution is 7.81. The van der Waals surface area contributed by atoms with Gasteiger partial charge in [-0.15, -0.1) is 0 Å². The van der Waals surface area contributed by atoms with Crippen molar-refractivity contribution in [3.8, 4) is 0 Å². The topological polar surface area (TPSA) is 601 Å². The highest BCUT2D eigenvalue weighted by Gasteiger charge is 2.54. The van der Waals surface area contributed by atoms with Crippen molar-refractivity contribution < 1.29 is 166 Å². The van der Waals surface area contributed by atoms with Gasteiger partial charge in [-0.25, -0.2) is 8.37 Å². The van der Waals surface area contributed by atoms with Crippen LogP contribution in [-0.4, -0.2) is 339 Å². The summed E-state index contributed by atoms with van der Waals surface area (Å²) in [6.45, 7) is -5.04. The Balaban J connectivity index is 0.830. The van der Waals surface area contributed by atoms with E-state index in [0.717, 1.165) is 0 Å². The second-order valence-corrected chi connectivity index (χ2v) is 23.9. The number of hydrogen-bond acceptors (Lipinski definition) is 37. The molecule has 0 aliphatic carbocycles. The minimum absolute atomic E-state index is 0.163. The van der Waals surface area contributed by atoms with E-state index in [2.05, 4.69) is 8.37 Å². The highest BCUT2D eigenvalue weighted by atomic mass is 32.3. The Bertz CT molecular complexity index is 2330. The van der Waals surface area contributed by atoms with Gasteiger partial charge in [0.1, 0.15) is 97.7 Å². The first kappa shape index (κ1) is 70.4. The zero-order chi connectivity index (χ0) is 62.7. The van der Waals surface area contributed by atoms with E-state index in [4.69, 9.17) is 98.7 Å². The summed E-state index contributed by atoms with van der Waals surface area (Å²) in [5.41, 5.74) is 24.9. The first-order valence-corrected chi connectivity index (χ1v) is 30.1. The van der Waals surface area contributed by atoms with Gasteiger partial charge in [-0.3, -0.25) is 9.11 Å². The van der Waals surface area contributed by atoms with Crippen molar-refractivity contribution in [2.24, 2.45) is 22.9 Å². The molecular formula is C45H80N4O35S2. The number of rotatable bonds is 23. The molecule has 0 saturated carbocycles. The number of methoxy groups -OCH3 is 1. The van der Waals surface area contributed by atoms with Crippen molar-refractivity contribution in [2.75, 3.05) is 60.0 Å². The van der Waals surface area contributed by atoms with E-state index in [0.29, 0.717) is 0 Å². The summed E-state index contributed by atoms with van der Waals surface area (Å²) in [4.78, 5) is 0. The van der Waals surface area contributed by atoms with Crippen LogP contribution in [-0.2, 0) is 105 Å². The van der Waals surface area contributed by atoms with Gasteiger partial charge in [0.15, 0.2) is 50.3 Å². The van der Waals surface area contributed by atoms with E-state index in [-0.39, 0.29) is 19.4 Å². The maximum absolute atomic E-state index is 11.7. The summed E-state index contributed by atoms with van der Waals surface area (Å²) in [6, 6.07) is -5.52. The molecule has 0 aromatic rings. The van der Waals surface area contributed by atoms with Crippen LogP contribution in [0.3, 0.4) is 0 Å². The van der Waals surface area contributed by atoms with E-state index < -0.39 is 276 Å². The second kappa shape index (κ2) is 30.5. The van der Waals surface area contributed by atoms with E-state index >= 15 is 0 Å². The van der Waals surface area contributed by atoms with Crippen molar-refractivity contribution in [3.05, 3.63) is 0 Å². The van der Waals surface area contributed by atoms with Crippen LogP contribution in [0.15, 0.2) is 0 Å². The quantitative estimate of drug-likeness (QED) is 0.0422. The summed E-state index contributed by atoms with van der Waals surface area (Å²) in [5, 5.41) is 118. The molecule has 0 amide bonds. The standard InChI is InChI=1S/C45H80N4O35S2/c1-67-42-30(46)34(57)38(19(6-50)74-42)82-27-3-15(53)22(10-69-27)77-44-32(48)36(59)41(25(79-44)13-73-86(64,65)66)84-29-5-17(55)23(11-71-29)78-45-33(49)37(60)40(24(80-45)12-72-85(61,62)63)83-28-4-16(54)21(9-70-28)76-43-31(47)35(58)39(20(7-51)75-43)81-26-2-14(52)18(56)8-68-26/h14-45,50-60H,2-13,46-49H2,1H3,(H,61,62,63)(H,64,65,66)/t14-,15-,16-,17-,18+,19?,20?,21?,22-,23+,24?,25?,26-,27-,28-,29-,30?,31?,32?,33?,34+,35+,36+,37+,38+,39+,40+,41+,42-,43+,44+,45+/m0/s1. The van der Waals surface area contributed by atoms with Crippen molar-refractivity contribution in [3.63, 3.8) is 0 Å². The molecule has 86 heavy (non-hydrogen) atoms. The molecule has 39 nitrogen and oxygen atoms in total. The molecule has 0 aromatic carbocycles. The third-order valence-corrected chi connectivity index (χ3v) is 16.5. The molecule has 502 valence electrons. The number of aliphatic hydroxyl groups excluding tert-OH is 11. The summed E-state index contributed by atoms with van der Waals surface area (Å²) < 4.78 is 167. The molecule has 8 heterocycles. The predicted octanol–water partition coefficient (Wildman–Crippen LogP) is -11.6. The Morgan fingerprint density at radius 3 is 0.965 bits per heavy atom. The van der Waals surface area contributed by atoms with Gasteiger partial charge in [-0.2, -0.15) is 16.8 Å². The minimum Gasteiger partial charge on any atom is -0.394 e. The first-order valence-electron chi connectivity index (χ1n) is 27.4. The molecule has 0 spiro atoms. The number of nitrogens with two attached hydrogens (primary N) is 4. The SMILES string of the molecule is CO[C@H]1OC(CO)[C@@H](O[C@H]2C[C@H](O)[C@@H](O[C@@H]3OC(COS(=O)(=O)O)[C@@H](O[C@H]4C[C@H](O)[C@H](O[C@@H]5OC(COS(=O)(=O)O)[C@@H](O[C@H]6C[C@H](O)C(O[C@H]7OC(CO)[C@@H](O[C@H]8C[C@H](O)[C@H](O)CO8)[C@H](O)C7N)CO6)[C@H](O)C5N)CO4)[C@H](O)C3N)CO2)[C@H](O)C1N. The average Bonchev–Trinajstić information content (AvgIpc) is 1.86. The van der Waals surface area contributed by atoms with E-state index in [9.17, 15) is 82.1 Å². The zero-order valence-corrected chi connectivity index (χ0v) is 47.5. The Labute approximate surface area is 491 Å². The maximum Gasteiger partial charge on any atom is 0.397 e. The summed E-state index contributed by atoms with van der Waals surface area (Å²) in [7, 11) is -9.02. The molecule has 32 atom stereocenters. The van der Waals surface area contributed by atoms with Crippen molar-refractivity contribution in [2.45, 2.75) is 222 Å². The van der Waals surface area contributed by atoms with E-state index in [1.807, 2.05) is 0 Å². The van der Waals surface area contributed by atoms with Crippen LogP contribution in [0.2, 0.25) is 0 Å². The number of ether oxygens (including phenoxy) is 16. The van der Waals surface area contributed by atoms with Crippen LogP contribution in [0.1, 0.15) is 25.7 Å². The number of hydrogen-bond donors (Lipinski definition) is 17. The van der Waals surface area contributed by atoms with Crippen LogP contribution in [0.5, 0.6) is 0 Å². The highest BCUT2D eigenvalue weighted by Crippen LogP contribution is 2.36. The van der Waals surface area contributed by atoms with Crippen LogP contribution < -0.4 is 22.9 Å². The molecule has 41 heteroatoms. The van der Waals surface area contributed by atoms with Crippen LogP contribution in [0.4, 0.5) is 0 Å². The largest absolute Gasteiger partial charge is 0.397 e. The first-order chi connectivity index (χ1) is 40.6. The lowest BCUT2D eigenvalue weighted by Crippen LogP contribution is -2.66. The molecule has 0 aromatic heterocycles. The Morgan fingerprint density at radius 1 is 0.395 bits per heavy atom. The lowest BCUT2D eigenvalue weighted by Gasteiger charge is -2.47. The average molecular weight is 1300 g/mol. The summed E-state index contributed by atoms with van der Waals surface area (Å²) >= 11 is 0. The Hall–Kier alpha value is -1.50. The molecule has 8 rings (SSSR count). The van der Waals surface area contributed by atoms with Gasteiger partial charge in [-0.05, 0) is 0 Å². The number of aliphatic hydroxyl groups is 11. The van der Waals surface area contributed by atoms with Crippen molar-refractivity contribution >= 4 is 20.8 Å². The third kappa shape index (κ3) is 17.6. The molecule has 8 aliphatic heterocycles. The van der Waals surface area contributed by atoms with Crippen LogP contribution >= 0.6 is 0 Å². The molecule has 8 saturated heterocycles. The monoisotopic (exact) mass is 1300 g/mol. The van der Waals surface area contributed by atoms with Gasteiger partial charge in [-0.1, -0.05) is 0 Å². The smallest absolute Gasteiger partial charge is 0.394 e. The Kier molecular flexibility index (Phi) is 25.0. The predicted molar refractivity (Wildman–Crippen MR) is 268 cm³/mol. The van der Waals surface area contributed by atoms with Gasteiger partial charge in [0.25, 0.3) is 0 Å².